The van der Waals surface area contributed by atoms with Crippen molar-refractivity contribution in [1.82, 2.24) is 15.1 Å². The Morgan fingerprint density at radius 1 is 1.17 bits per heavy atom. The van der Waals surface area contributed by atoms with Crippen molar-refractivity contribution in [3.63, 3.8) is 0 Å². The van der Waals surface area contributed by atoms with Crippen LogP contribution < -0.4 is 5.73 Å². The Bertz CT molecular complexity index is 1320. The third-order valence-corrected chi connectivity index (χ3v) is 8.44. The van der Waals surface area contributed by atoms with Crippen LogP contribution in [-0.4, -0.2) is 44.2 Å². The van der Waals surface area contributed by atoms with E-state index in [1.807, 2.05) is 0 Å². The maximum atomic E-state index is 15.0. The summed E-state index contributed by atoms with van der Waals surface area (Å²) in [4.78, 5) is 12.7. The zero-order chi connectivity index (χ0) is 25.6. The molecule has 2 N–H and O–H groups in total. The molecule has 0 saturated heterocycles. The van der Waals surface area contributed by atoms with Gasteiger partial charge in [0.05, 0.1) is 15.3 Å². The Balaban J connectivity index is 1.73. The van der Waals surface area contributed by atoms with Crippen LogP contribution in [0.1, 0.15) is 26.3 Å². The molecule has 1 aromatic carbocycles. The Hall–Kier alpha value is -2.86. The molecule has 3 heterocycles. The highest BCUT2D eigenvalue weighted by Crippen LogP contribution is 2.39. The van der Waals surface area contributed by atoms with E-state index < -0.39 is 39.5 Å². The van der Waals surface area contributed by atoms with Crippen LogP contribution in [0.4, 0.5) is 17.6 Å². The number of alkyl halides is 3. The lowest BCUT2D eigenvalue weighted by molar-refractivity contribution is -0.117. The lowest BCUT2D eigenvalue weighted by atomic mass is 9.91. The van der Waals surface area contributed by atoms with Crippen LogP contribution in [0.5, 0.6) is 0 Å². The summed E-state index contributed by atoms with van der Waals surface area (Å²) < 4.78 is 62.1. The molecule has 2 aromatic heterocycles. The van der Waals surface area contributed by atoms with Crippen LogP contribution in [0.3, 0.4) is 0 Å². The van der Waals surface area contributed by atoms with Crippen molar-refractivity contribution in [2.45, 2.75) is 37.2 Å². The predicted octanol–water partition coefficient (Wildman–Crippen LogP) is 5.32. The van der Waals surface area contributed by atoms with Crippen LogP contribution in [0.15, 0.2) is 50.5 Å². The molecule has 1 aliphatic heterocycles. The van der Waals surface area contributed by atoms with Crippen molar-refractivity contribution >= 4 is 28.1 Å². The summed E-state index contributed by atoms with van der Waals surface area (Å²) in [6.07, 6.45) is -1.61. The molecule has 7 nitrogen and oxygen atoms in total. The van der Waals surface area contributed by atoms with E-state index in [1.165, 1.54) is 30.6 Å². The second-order valence-corrected chi connectivity index (χ2v) is 11.4. The monoisotopic (exact) mass is 528 g/mol. The molecule has 0 unspecified atom stereocenters. The first kappa shape index (κ1) is 25.2. The fraction of sp³-hybridized carbons (Fsp3) is 0.364. The Kier molecular flexibility index (Phi) is 6.47. The van der Waals surface area contributed by atoms with Gasteiger partial charge in [0, 0.05) is 35.3 Å². The Labute approximate surface area is 205 Å². The molecule has 3 aromatic rings. The van der Waals surface area contributed by atoms with Gasteiger partial charge in [0.2, 0.25) is 0 Å². The number of hydrogen-bond acceptors (Lipinski definition) is 7. The van der Waals surface area contributed by atoms with Crippen molar-refractivity contribution < 1.29 is 22.1 Å². The van der Waals surface area contributed by atoms with Gasteiger partial charge in [0.25, 0.3) is 0 Å². The van der Waals surface area contributed by atoms with Crippen molar-refractivity contribution in [3.05, 3.63) is 53.1 Å². The molecule has 4 rings (SSSR count). The van der Waals surface area contributed by atoms with E-state index >= 15 is 4.39 Å². The summed E-state index contributed by atoms with van der Waals surface area (Å²) in [6, 6.07) is 5.87. The molecule has 1 aliphatic rings. The van der Waals surface area contributed by atoms with Gasteiger partial charge in [-0.2, -0.15) is 13.2 Å². The van der Waals surface area contributed by atoms with Crippen molar-refractivity contribution in [2.24, 2.45) is 15.1 Å². The van der Waals surface area contributed by atoms with Gasteiger partial charge in [-0.1, -0.05) is 27.4 Å². The van der Waals surface area contributed by atoms with Crippen LogP contribution in [0.25, 0.3) is 22.8 Å². The molecule has 0 fully saturated rings. The number of aliphatic imine (C=N–C) groups is 1. The molecule has 0 saturated carbocycles. The third kappa shape index (κ3) is 5.22. The molecule has 0 amide bonds. The fourth-order valence-corrected chi connectivity index (χ4v) is 5.76. The summed E-state index contributed by atoms with van der Waals surface area (Å²) >= 11 is 5.81. The number of aromatic nitrogens is 3. The van der Waals surface area contributed by atoms with Crippen molar-refractivity contribution in [1.29, 1.82) is 0 Å². The fourth-order valence-electron chi connectivity index (χ4n) is 3.55. The van der Waals surface area contributed by atoms with Crippen LogP contribution in [0.2, 0.25) is 5.02 Å². The van der Waals surface area contributed by atoms with Gasteiger partial charge in [-0.3, -0.25) is 9.36 Å². The number of halogens is 5. The highest BCUT2D eigenvalue weighted by Gasteiger charge is 2.43. The molecule has 0 spiro atoms. The van der Waals surface area contributed by atoms with Gasteiger partial charge in [0.15, 0.2) is 17.3 Å². The number of hydrogen-bond donors (Lipinski definition) is 1. The second-order valence-electron chi connectivity index (χ2n) is 8.69. The molecule has 0 bridgehead atoms. The largest absolute Gasteiger partial charge is 0.408 e. The first-order chi connectivity index (χ1) is 16.3. The van der Waals surface area contributed by atoms with E-state index in [-0.39, 0.29) is 17.2 Å². The van der Waals surface area contributed by atoms with E-state index in [0.717, 1.165) is 0 Å². The van der Waals surface area contributed by atoms with E-state index in [0.29, 0.717) is 27.9 Å². The summed E-state index contributed by atoms with van der Waals surface area (Å²) in [5.41, 5.74) is 5.94. The molecule has 0 aliphatic carbocycles. The molecule has 13 heteroatoms. The molecular formula is C22H21ClF4N6OS. The van der Waals surface area contributed by atoms with Gasteiger partial charge in [-0.05, 0) is 39.0 Å². The van der Waals surface area contributed by atoms with E-state index in [4.69, 9.17) is 21.9 Å². The van der Waals surface area contributed by atoms with Gasteiger partial charge in [-0.15, -0.1) is 0 Å². The number of amidine groups is 1. The summed E-state index contributed by atoms with van der Waals surface area (Å²) in [6.45, 7) is 3.71. The molecule has 2 atom stereocenters. The SMILES string of the molecule is CC1(C)C(N)=N[C@](C)(c2cc(-c3cc(-c4ncc(Cl)cn4)no3)ccc2F)C[S@@]1=NCC(F)(F)F. The lowest BCUT2D eigenvalue weighted by Gasteiger charge is -2.40. The average Bonchev–Trinajstić information content (AvgIpc) is 3.26. The van der Waals surface area contributed by atoms with E-state index in [2.05, 4.69) is 24.5 Å². The standard InChI is InChI=1S/C22H21ClF4N6OS/c1-20(2)19(28)32-21(3,11-35(20)31-10-22(25,26)27)14-6-12(4-5-15(14)24)17-7-16(33-34-17)18-29-8-13(23)9-30-18/h4-9H,10-11H2,1-3H3,(H2,28,32)/t21-,35-/m0/s1. The zero-order valence-corrected chi connectivity index (χ0v) is 20.5. The van der Waals surface area contributed by atoms with Gasteiger partial charge in [0.1, 0.15) is 18.2 Å². The summed E-state index contributed by atoms with van der Waals surface area (Å²) in [5.74, 6) is 0.218. The average molecular weight is 529 g/mol. The summed E-state index contributed by atoms with van der Waals surface area (Å²) in [7, 11) is -1.16. The third-order valence-electron chi connectivity index (χ3n) is 5.58. The second kappa shape index (κ2) is 8.98. The first-order valence-corrected chi connectivity index (χ1v) is 12.1. The maximum Gasteiger partial charge on any atom is 0.408 e. The number of rotatable bonds is 4. The van der Waals surface area contributed by atoms with E-state index in [9.17, 15) is 13.2 Å². The quantitative estimate of drug-likeness (QED) is 0.462. The van der Waals surface area contributed by atoms with Crippen LogP contribution >= 0.6 is 11.6 Å². The minimum Gasteiger partial charge on any atom is -0.386 e. The van der Waals surface area contributed by atoms with Gasteiger partial charge in [-0.25, -0.2) is 14.4 Å². The molecule has 0 radical (unpaired) electrons. The van der Waals surface area contributed by atoms with E-state index in [1.54, 1.807) is 26.8 Å². The highest BCUT2D eigenvalue weighted by molar-refractivity contribution is 7.89. The highest BCUT2D eigenvalue weighted by atomic mass is 35.5. The Morgan fingerprint density at radius 3 is 2.51 bits per heavy atom. The first-order valence-electron chi connectivity index (χ1n) is 10.3. The smallest absolute Gasteiger partial charge is 0.386 e. The minimum absolute atomic E-state index is 0.0669. The number of benzene rings is 1. The number of nitrogens with two attached hydrogens (primary N) is 1. The number of nitrogens with zero attached hydrogens (tertiary/aromatic N) is 5. The minimum atomic E-state index is -4.45. The molecule has 186 valence electrons. The lowest BCUT2D eigenvalue weighted by Crippen LogP contribution is -2.52. The predicted molar refractivity (Wildman–Crippen MR) is 127 cm³/mol. The van der Waals surface area contributed by atoms with Gasteiger partial charge < -0.3 is 10.3 Å². The topological polar surface area (TPSA) is 103 Å². The Morgan fingerprint density at radius 2 is 1.86 bits per heavy atom. The summed E-state index contributed by atoms with van der Waals surface area (Å²) in [5, 5.41) is 4.33. The maximum absolute atomic E-state index is 15.0. The molecule has 35 heavy (non-hydrogen) atoms. The molecular weight excluding hydrogens is 508 g/mol. The normalized spacial score (nSPS) is 22.3. The zero-order valence-electron chi connectivity index (χ0n) is 18.9. The van der Waals surface area contributed by atoms with Gasteiger partial charge >= 0.3 is 6.18 Å². The van der Waals surface area contributed by atoms with Crippen LogP contribution in [-0.2, 0) is 16.2 Å². The van der Waals surface area contributed by atoms with Crippen molar-refractivity contribution in [2.75, 3.05) is 12.3 Å². The van der Waals surface area contributed by atoms with Crippen LogP contribution in [0, 0.1) is 5.82 Å². The van der Waals surface area contributed by atoms with Crippen molar-refractivity contribution in [3.8, 4) is 22.8 Å².